The van der Waals surface area contributed by atoms with Crippen molar-refractivity contribution >= 4 is 17.0 Å². The van der Waals surface area contributed by atoms with Crippen LogP contribution in [0.15, 0.2) is 65.5 Å². The number of pyridine rings is 2. The maximum Gasteiger partial charge on any atom is 0.245 e. The lowest BCUT2D eigenvalue weighted by atomic mass is 10.1. The van der Waals surface area contributed by atoms with Crippen LogP contribution in [0.2, 0.25) is 0 Å². The minimum absolute atomic E-state index is 0.433. The molecule has 0 saturated heterocycles. The first-order valence-electron chi connectivity index (χ1n) is 9.90. The Labute approximate surface area is 172 Å². The number of aromatic nitrogens is 5. The molecule has 1 aliphatic carbocycles. The predicted molar refractivity (Wildman–Crippen MR) is 114 cm³/mol. The summed E-state index contributed by atoms with van der Waals surface area (Å²) in [5, 5.41) is 0. The van der Waals surface area contributed by atoms with Crippen LogP contribution in [-0.4, -0.2) is 24.5 Å². The lowest BCUT2D eigenvalue weighted by molar-refractivity contribution is 0.572. The minimum Gasteiger partial charge on any atom is -0.443 e. The third-order valence-electron chi connectivity index (χ3n) is 5.58. The van der Waals surface area contributed by atoms with Crippen LogP contribution in [0.25, 0.3) is 39.8 Å². The Morgan fingerprint density at radius 3 is 2.73 bits per heavy atom. The van der Waals surface area contributed by atoms with E-state index in [1.165, 1.54) is 17.5 Å². The summed E-state index contributed by atoms with van der Waals surface area (Å²) in [7, 11) is 0. The number of anilines is 1. The number of hydrogen-bond donors (Lipinski definition) is 1. The van der Waals surface area contributed by atoms with Gasteiger partial charge in [-0.2, -0.15) is 0 Å². The maximum absolute atomic E-state index is 6.21. The van der Waals surface area contributed by atoms with Gasteiger partial charge in [-0.15, -0.1) is 0 Å². The van der Waals surface area contributed by atoms with Gasteiger partial charge in [-0.25, -0.2) is 19.9 Å². The second-order valence-electron chi connectivity index (χ2n) is 7.39. The summed E-state index contributed by atoms with van der Waals surface area (Å²) >= 11 is 0. The van der Waals surface area contributed by atoms with Crippen molar-refractivity contribution < 1.29 is 4.42 Å². The highest BCUT2D eigenvalue weighted by Gasteiger charge is 2.20. The zero-order valence-electron chi connectivity index (χ0n) is 16.1. The van der Waals surface area contributed by atoms with Crippen molar-refractivity contribution in [1.29, 1.82) is 0 Å². The van der Waals surface area contributed by atoms with E-state index in [0.717, 1.165) is 35.3 Å². The van der Waals surface area contributed by atoms with Crippen molar-refractivity contribution in [3.8, 4) is 28.7 Å². The molecular weight excluding hydrogens is 376 g/mol. The van der Waals surface area contributed by atoms with Crippen molar-refractivity contribution in [3.05, 3.63) is 72.2 Å². The number of imidazole rings is 1. The van der Waals surface area contributed by atoms with Crippen molar-refractivity contribution in [2.45, 2.75) is 19.3 Å². The molecule has 0 unspecified atom stereocenters. The molecule has 0 spiro atoms. The van der Waals surface area contributed by atoms with Crippen LogP contribution < -0.4 is 5.73 Å². The summed E-state index contributed by atoms with van der Waals surface area (Å²) in [4.78, 5) is 18.2. The monoisotopic (exact) mass is 394 g/mol. The summed E-state index contributed by atoms with van der Waals surface area (Å²) in [6.45, 7) is 0. The standard InChI is InChI=1S/C23H18N6O/c24-20-17(5-2-10-25-20)21-27-18-8-9-19(23-26-11-12-30-23)28-22(18)29(21)16-7-6-14-3-1-4-15(14)13-16/h2,5-13H,1,3-4H2,(H2,24,25). The number of nitrogens with two attached hydrogens (primary N) is 1. The van der Waals surface area contributed by atoms with Crippen LogP contribution in [0, 0.1) is 0 Å². The number of nitrogen functional groups attached to an aromatic ring is 1. The Hall–Kier alpha value is -4.00. The smallest absolute Gasteiger partial charge is 0.245 e. The molecule has 30 heavy (non-hydrogen) atoms. The van der Waals surface area contributed by atoms with Gasteiger partial charge in [0.1, 0.15) is 23.3 Å². The molecule has 0 atom stereocenters. The maximum atomic E-state index is 6.21. The quantitative estimate of drug-likeness (QED) is 0.492. The molecule has 0 fully saturated rings. The average Bonchev–Trinajstić information content (AvgIpc) is 3.51. The van der Waals surface area contributed by atoms with Crippen LogP contribution in [0.5, 0.6) is 0 Å². The highest BCUT2D eigenvalue weighted by Crippen LogP contribution is 2.33. The molecule has 5 aromatic rings. The van der Waals surface area contributed by atoms with E-state index < -0.39 is 0 Å². The highest BCUT2D eigenvalue weighted by atomic mass is 16.3. The van der Waals surface area contributed by atoms with Gasteiger partial charge in [0.25, 0.3) is 0 Å². The molecule has 4 aromatic heterocycles. The first-order valence-corrected chi connectivity index (χ1v) is 9.90. The van der Waals surface area contributed by atoms with E-state index >= 15 is 0 Å². The fraction of sp³-hybridized carbons (Fsp3) is 0.130. The number of rotatable bonds is 3. The molecule has 0 saturated carbocycles. The van der Waals surface area contributed by atoms with Crippen LogP contribution >= 0.6 is 0 Å². The summed E-state index contributed by atoms with van der Waals surface area (Å²) < 4.78 is 7.50. The van der Waals surface area contributed by atoms with Gasteiger partial charge in [-0.3, -0.25) is 4.57 Å². The Bertz CT molecular complexity index is 1390. The number of benzene rings is 1. The molecule has 7 nitrogen and oxygen atoms in total. The number of nitrogens with zero attached hydrogens (tertiary/aromatic N) is 5. The van der Waals surface area contributed by atoms with E-state index in [0.29, 0.717) is 23.2 Å². The fourth-order valence-corrected chi connectivity index (χ4v) is 4.16. The summed E-state index contributed by atoms with van der Waals surface area (Å²) in [5.74, 6) is 1.62. The van der Waals surface area contributed by atoms with Crippen LogP contribution in [-0.2, 0) is 12.8 Å². The van der Waals surface area contributed by atoms with Crippen molar-refractivity contribution in [1.82, 2.24) is 24.5 Å². The first kappa shape index (κ1) is 16.9. The van der Waals surface area contributed by atoms with E-state index in [1.807, 2.05) is 28.8 Å². The van der Waals surface area contributed by atoms with Gasteiger partial charge in [0.15, 0.2) is 11.5 Å². The molecule has 1 aliphatic rings. The molecule has 0 amide bonds. The molecule has 4 heterocycles. The van der Waals surface area contributed by atoms with Crippen molar-refractivity contribution in [2.24, 2.45) is 0 Å². The Kier molecular flexibility index (Phi) is 3.67. The lowest BCUT2D eigenvalue weighted by Crippen LogP contribution is -2.03. The zero-order valence-corrected chi connectivity index (χ0v) is 16.1. The van der Waals surface area contributed by atoms with Gasteiger partial charge < -0.3 is 10.2 Å². The number of aryl methyl sites for hydroxylation is 2. The number of hydrogen-bond acceptors (Lipinski definition) is 6. The van der Waals surface area contributed by atoms with E-state index in [4.69, 9.17) is 20.1 Å². The Balaban J connectivity index is 1.65. The van der Waals surface area contributed by atoms with E-state index in [1.54, 1.807) is 18.7 Å². The van der Waals surface area contributed by atoms with Gasteiger partial charge in [0, 0.05) is 11.9 Å². The number of fused-ring (bicyclic) bond motifs is 2. The summed E-state index contributed by atoms with van der Waals surface area (Å²) in [6, 6.07) is 14.2. The van der Waals surface area contributed by atoms with Crippen molar-refractivity contribution in [3.63, 3.8) is 0 Å². The SMILES string of the molecule is Nc1ncccc1-c1nc2ccc(-c3ncco3)nc2n1-c1ccc2c(c1)CCC2. The van der Waals surface area contributed by atoms with Gasteiger partial charge in [-0.05, 0) is 66.8 Å². The molecule has 0 bridgehead atoms. The molecule has 146 valence electrons. The molecule has 2 N–H and O–H groups in total. The lowest BCUT2D eigenvalue weighted by Gasteiger charge is -2.12. The molecular formula is C23H18N6O. The molecule has 6 rings (SSSR count). The third kappa shape index (κ3) is 2.59. The Morgan fingerprint density at radius 1 is 0.933 bits per heavy atom. The Morgan fingerprint density at radius 2 is 1.87 bits per heavy atom. The first-order chi connectivity index (χ1) is 14.8. The summed E-state index contributed by atoms with van der Waals surface area (Å²) in [5.41, 5.74) is 12.9. The third-order valence-corrected chi connectivity index (χ3v) is 5.58. The molecule has 1 aromatic carbocycles. The number of oxazole rings is 1. The minimum atomic E-state index is 0.433. The molecule has 7 heteroatoms. The van der Waals surface area contributed by atoms with E-state index in [9.17, 15) is 0 Å². The predicted octanol–water partition coefficient (Wildman–Crippen LogP) is 4.21. The molecule has 0 aliphatic heterocycles. The highest BCUT2D eigenvalue weighted by molar-refractivity contribution is 5.84. The van der Waals surface area contributed by atoms with E-state index in [2.05, 4.69) is 28.2 Å². The van der Waals surface area contributed by atoms with Gasteiger partial charge >= 0.3 is 0 Å². The molecule has 0 radical (unpaired) electrons. The second kappa shape index (κ2) is 6.52. The van der Waals surface area contributed by atoms with Gasteiger partial charge in [-0.1, -0.05) is 6.07 Å². The normalized spacial score (nSPS) is 13.1. The zero-order chi connectivity index (χ0) is 20.1. The average molecular weight is 394 g/mol. The van der Waals surface area contributed by atoms with Crippen LogP contribution in [0.3, 0.4) is 0 Å². The van der Waals surface area contributed by atoms with E-state index in [-0.39, 0.29) is 0 Å². The van der Waals surface area contributed by atoms with Crippen LogP contribution in [0.1, 0.15) is 17.5 Å². The summed E-state index contributed by atoms with van der Waals surface area (Å²) in [6.07, 6.45) is 8.25. The van der Waals surface area contributed by atoms with Gasteiger partial charge in [0.05, 0.1) is 11.8 Å². The topological polar surface area (TPSA) is 95.7 Å². The van der Waals surface area contributed by atoms with Crippen molar-refractivity contribution in [2.75, 3.05) is 5.73 Å². The van der Waals surface area contributed by atoms with Gasteiger partial charge in [0.2, 0.25) is 5.89 Å². The second-order valence-corrected chi connectivity index (χ2v) is 7.39. The largest absolute Gasteiger partial charge is 0.443 e. The van der Waals surface area contributed by atoms with Crippen LogP contribution in [0.4, 0.5) is 5.82 Å². The fourth-order valence-electron chi connectivity index (χ4n) is 4.16.